The summed E-state index contributed by atoms with van der Waals surface area (Å²) in [4.78, 5) is 15.3. The Kier molecular flexibility index (Phi) is 6.61. The zero-order valence-corrected chi connectivity index (χ0v) is 19.1. The molecule has 0 radical (unpaired) electrons. The summed E-state index contributed by atoms with van der Waals surface area (Å²) in [5, 5.41) is 3.20. The van der Waals surface area contributed by atoms with Crippen LogP contribution in [-0.4, -0.2) is 29.2 Å². The van der Waals surface area contributed by atoms with E-state index in [2.05, 4.69) is 70.9 Å². The molecule has 3 aromatic carbocycles. The van der Waals surface area contributed by atoms with Crippen LogP contribution in [0.2, 0.25) is 0 Å². The monoisotopic (exact) mass is 428 g/mol. The number of ether oxygens (including phenoxy) is 1. The molecule has 0 spiro atoms. The highest BCUT2D eigenvalue weighted by Gasteiger charge is 2.45. The van der Waals surface area contributed by atoms with Crippen molar-refractivity contribution >= 4 is 6.09 Å². The molecule has 0 unspecified atom stereocenters. The van der Waals surface area contributed by atoms with E-state index in [4.69, 9.17) is 4.74 Å². The fourth-order valence-corrected chi connectivity index (χ4v) is 4.49. The van der Waals surface area contributed by atoms with E-state index < -0.39 is 5.60 Å². The molecule has 4 nitrogen and oxygen atoms in total. The first-order valence-corrected chi connectivity index (χ1v) is 11.3. The van der Waals surface area contributed by atoms with Crippen molar-refractivity contribution in [2.24, 2.45) is 0 Å². The van der Waals surface area contributed by atoms with Crippen LogP contribution in [0, 0.1) is 0 Å². The highest BCUT2D eigenvalue weighted by atomic mass is 16.6. The number of carbonyl (C=O) groups is 1. The topological polar surface area (TPSA) is 41.6 Å². The Morgan fingerprint density at radius 1 is 0.938 bits per heavy atom. The molecule has 1 aliphatic heterocycles. The Hall–Kier alpha value is -3.11. The zero-order valence-electron chi connectivity index (χ0n) is 19.1. The third kappa shape index (κ3) is 5.38. The molecule has 4 rings (SSSR count). The number of likely N-dealkylation sites (tertiary alicyclic amines) is 1. The lowest BCUT2D eigenvalue weighted by molar-refractivity contribution is 0.0113. The fourth-order valence-electron chi connectivity index (χ4n) is 4.49. The average Bonchev–Trinajstić information content (AvgIpc) is 2.76. The molecular weight excluding hydrogens is 396 g/mol. The smallest absolute Gasteiger partial charge is 0.408 e. The summed E-state index contributed by atoms with van der Waals surface area (Å²) in [7, 11) is 0. The molecule has 1 fully saturated rings. The Balaban J connectivity index is 1.66. The number of carbonyl (C=O) groups excluding carboxylic acids is 1. The van der Waals surface area contributed by atoms with Crippen molar-refractivity contribution in [3.05, 3.63) is 108 Å². The molecule has 32 heavy (non-hydrogen) atoms. The van der Waals surface area contributed by atoms with Crippen LogP contribution >= 0.6 is 0 Å². The Labute approximate surface area is 191 Å². The third-order valence-corrected chi connectivity index (χ3v) is 5.89. The number of hydrogen-bond donors (Lipinski definition) is 1. The van der Waals surface area contributed by atoms with E-state index in [0.29, 0.717) is 5.92 Å². The molecule has 0 bridgehead atoms. The second kappa shape index (κ2) is 9.58. The van der Waals surface area contributed by atoms with Gasteiger partial charge < -0.3 is 10.1 Å². The van der Waals surface area contributed by atoms with Gasteiger partial charge in [0.05, 0.1) is 6.04 Å². The van der Waals surface area contributed by atoms with E-state index in [0.717, 1.165) is 18.7 Å². The summed E-state index contributed by atoms with van der Waals surface area (Å²) < 4.78 is 5.63. The van der Waals surface area contributed by atoms with Gasteiger partial charge in [0.15, 0.2) is 0 Å². The number of amides is 1. The van der Waals surface area contributed by atoms with Crippen molar-refractivity contribution in [2.75, 3.05) is 6.54 Å². The maximum absolute atomic E-state index is 12.8. The molecule has 0 saturated carbocycles. The van der Waals surface area contributed by atoms with Gasteiger partial charge in [0.1, 0.15) is 5.60 Å². The molecule has 1 aliphatic rings. The largest absolute Gasteiger partial charge is 0.444 e. The van der Waals surface area contributed by atoms with Crippen LogP contribution in [0.4, 0.5) is 4.79 Å². The first-order valence-electron chi connectivity index (χ1n) is 11.3. The van der Waals surface area contributed by atoms with E-state index in [1.807, 2.05) is 51.1 Å². The predicted molar refractivity (Wildman–Crippen MR) is 128 cm³/mol. The van der Waals surface area contributed by atoms with E-state index in [-0.39, 0.29) is 18.2 Å². The van der Waals surface area contributed by atoms with Gasteiger partial charge in [-0.15, -0.1) is 0 Å². The summed E-state index contributed by atoms with van der Waals surface area (Å²) in [5.74, 6) is 0.319. The maximum atomic E-state index is 12.8. The van der Waals surface area contributed by atoms with Crippen LogP contribution in [0.15, 0.2) is 91.0 Å². The first kappa shape index (κ1) is 22.1. The van der Waals surface area contributed by atoms with Crippen LogP contribution < -0.4 is 5.32 Å². The Morgan fingerprint density at radius 2 is 1.50 bits per heavy atom. The van der Waals surface area contributed by atoms with E-state index in [1.165, 1.54) is 11.1 Å². The van der Waals surface area contributed by atoms with Crippen molar-refractivity contribution in [3.63, 3.8) is 0 Å². The zero-order chi connectivity index (χ0) is 22.6. The molecule has 1 saturated heterocycles. The molecule has 3 aromatic rings. The second-order valence-corrected chi connectivity index (χ2v) is 9.46. The summed E-state index contributed by atoms with van der Waals surface area (Å²) in [6, 6.07) is 31.3. The van der Waals surface area contributed by atoms with Gasteiger partial charge in [-0.05, 0) is 37.5 Å². The molecule has 1 heterocycles. The Morgan fingerprint density at radius 3 is 2.09 bits per heavy atom. The van der Waals surface area contributed by atoms with Crippen molar-refractivity contribution < 1.29 is 9.53 Å². The number of alkyl carbamates (subject to hydrolysis) is 1. The molecule has 3 atom stereocenters. The van der Waals surface area contributed by atoms with Crippen LogP contribution in [0.5, 0.6) is 0 Å². The maximum Gasteiger partial charge on any atom is 0.408 e. The molecule has 166 valence electrons. The summed E-state index contributed by atoms with van der Waals surface area (Å²) in [6.07, 6.45) is -0.385. The number of benzene rings is 3. The molecule has 1 amide bonds. The van der Waals surface area contributed by atoms with Crippen LogP contribution in [0.1, 0.15) is 49.4 Å². The highest BCUT2D eigenvalue weighted by molar-refractivity contribution is 5.68. The van der Waals surface area contributed by atoms with Crippen LogP contribution in [0.25, 0.3) is 0 Å². The van der Waals surface area contributed by atoms with Gasteiger partial charge in [-0.1, -0.05) is 91.0 Å². The second-order valence-electron chi connectivity index (χ2n) is 9.46. The van der Waals surface area contributed by atoms with Gasteiger partial charge in [-0.3, -0.25) is 4.90 Å². The SMILES string of the molecule is CC(C)(C)OC(=O)N[C@@H](c1ccccc1)[C@H]1[C@H](c2ccccc2)CN1Cc1ccccc1. The van der Waals surface area contributed by atoms with Crippen LogP contribution in [-0.2, 0) is 11.3 Å². The van der Waals surface area contributed by atoms with Crippen LogP contribution in [0.3, 0.4) is 0 Å². The number of rotatable bonds is 6. The van der Waals surface area contributed by atoms with Crippen molar-refractivity contribution in [1.29, 1.82) is 0 Å². The Bertz CT molecular complexity index is 1000. The number of nitrogens with zero attached hydrogens (tertiary/aromatic N) is 1. The van der Waals surface area contributed by atoms with E-state index in [9.17, 15) is 4.79 Å². The van der Waals surface area contributed by atoms with Gasteiger partial charge in [-0.25, -0.2) is 4.79 Å². The predicted octanol–water partition coefficient (Wildman–Crippen LogP) is 5.92. The number of nitrogens with one attached hydrogen (secondary N) is 1. The van der Waals surface area contributed by atoms with E-state index >= 15 is 0 Å². The van der Waals surface area contributed by atoms with Gasteiger partial charge in [0.25, 0.3) is 0 Å². The first-order chi connectivity index (χ1) is 15.4. The molecule has 0 aromatic heterocycles. The molecule has 4 heteroatoms. The number of hydrogen-bond acceptors (Lipinski definition) is 3. The lowest BCUT2D eigenvalue weighted by Gasteiger charge is -2.52. The fraction of sp³-hybridized carbons (Fsp3) is 0.321. The van der Waals surface area contributed by atoms with Crippen molar-refractivity contribution in [1.82, 2.24) is 10.2 Å². The summed E-state index contributed by atoms with van der Waals surface area (Å²) >= 11 is 0. The molecule has 0 aliphatic carbocycles. The van der Waals surface area contributed by atoms with Gasteiger partial charge in [0, 0.05) is 25.0 Å². The molecule has 1 N–H and O–H groups in total. The van der Waals surface area contributed by atoms with Gasteiger partial charge in [0.2, 0.25) is 0 Å². The minimum atomic E-state index is -0.548. The minimum absolute atomic E-state index is 0.118. The van der Waals surface area contributed by atoms with Gasteiger partial charge in [-0.2, -0.15) is 0 Å². The van der Waals surface area contributed by atoms with Crippen molar-refractivity contribution in [3.8, 4) is 0 Å². The van der Waals surface area contributed by atoms with Gasteiger partial charge >= 0.3 is 6.09 Å². The van der Waals surface area contributed by atoms with E-state index in [1.54, 1.807) is 0 Å². The van der Waals surface area contributed by atoms with Crippen molar-refractivity contribution in [2.45, 2.75) is 50.9 Å². The quantitative estimate of drug-likeness (QED) is 0.530. The lowest BCUT2D eigenvalue weighted by Crippen LogP contribution is -2.60. The normalized spacial score (nSPS) is 19.6. The third-order valence-electron chi connectivity index (χ3n) is 5.89. The lowest BCUT2D eigenvalue weighted by atomic mass is 9.76. The molecular formula is C28H32N2O2. The highest BCUT2D eigenvalue weighted by Crippen LogP contribution is 2.42. The minimum Gasteiger partial charge on any atom is -0.444 e. The standard InChI is InChI=1S/C28H32N2O2/c1-28(2,3)32-27(31)29-25(23-17-11-6-12-18-23)26-24(22-15-9-5-10-16-22)20-30(26)19-21-13-7-4-8-14-21/h4-18,24-26H,19-20H2,1-3H3,(H,29,31)/t24-,25-,26+/m0/s1. The summed E-state index contributed by atoms with van der Waals surface area (Å²) in [5.41, 5.74) is 3.11. The average molecular weight is 429 g/mol. The summed E-state index contributed by atoms with van der Waals surface area (Å²) in [6.45, 7) is 7.46.